The zero-order chi connectivity index (χ0) is 104. The summed E-state index contributed by atoms with van der Waals surface area (Å²) in [6, 6.07) is 50.8. The first-order valence-electron chi connectivity index (χ1n) is 46.6. The first kappa shape index (κ1) is 110. The summed E-state index contributed by atoms with van der Waals surface area (Å²) in [7, 11) is 0. The van der Waals surface area contributed by atoms with Crippen molar-refractivity contribution >= 4 is 149 Å². The number of anilines is 4. The van der Waals surface area contributed by atoms with Crippen molar-refractivity contribution in [1.82, 2.24) is 48.8 Å². The molecule has 7 aliphatic heterocycles. The third kappa shape index (κ3) is 31.4. The number of amides is 6. The van der Waals surface area contributed by atoms with Crippen molar-refractivity contribution in [2.45, 2.75) is 166 Å². The van der Waals surface area contributed by atoms with E-state index in [1.54, 1.807) is 51.2 Å². The molecule has 762 valence electrons. The summed E-state index contributed by atoms with van der Waals surface area (Å²) >= 11 is 0. The number of halogens is 1. The van der Waals surface area contributed by atoms with E-state index in [2.05, 4.69) is 61.8 Å². The number of aliphatic carboxylic acids is 2. The lowest BCUT2D eigenvalue weighted by molar-refractivity contribution is -0.168. The van der Waals surface area contributed by atoms with Crippen LogP contribution >= 0.6 is 12.4 Å². The van der Waals surface area contributed by atoms with Gasteiger partial charge >= 0.3 is 35.8 Å². The first-order chi connectivity index (χ1) is 70.5. The highest BCUT2D eigenvalue weighted by atomic mass is 35.5. The van der Waals surface area contributed by atoms with Gasteiger partial charge in [-0.05, 0) is 117 Å². The number of ether oxygens (including phenoxy) is 5. The molecule has 1 saturated heterocycles. The van der Waals surface area contributed by atoms with E-state index in [-0.39, 0.29) is 85.6 Å². The van der Waals surface area contributed by atoms with Gasteiger partial charge < -0.3 is 76.3 Å². The fourth-order valence-corrected chi connectivity index (χ4v) is 15.8. The summed E-state index contributed by atoms with van der Waals surface area (Å²) in [5, 5.41) is 33.2. The molecule has 0 aliphatic carbocycles. The number of esters is 4. The number of carboxylic acid groups (broad SMARTS) is 2. The average Bonchev–Trinajstić information content (AvgIpc) is 1.63. The van der Waals surface area contributed by atoms with Gasteiger partial charge in [0.15, 0.2) is 0 Å². The smallest absolute Gasteiger partial charge is 0.363 e. The van der Waals surface area contributed by atoms with E-state index in [1.165, 1.54) is 56.7 Å². The van der Waals surface area contributed by atoms with Gasteiger partial charge in [-0.2, -0.15) is 0 Å². The maximum absolute atomic E-state index is 13.2. The molecule has 42 heteroatoms. The summed E-state index contributed by atoms with van der Waals surface area (Å²) in [5.41, 5.74) is 9.07. The van der Waals surface area contributed by atoms with Gasteiger partial charge in [0.25, 0.3) is 22.2 Å². The number of nitrogens with two attached hydrogens (primary N) is 1. The number of hydrogen-bond acceptors (Lipinski definition) is 29. The molecule has 6 aromatic carbocycles. The first-order valence-corrected chi connectivity index (χ1v) is 46.6. The van der Waals surface area contributed by atoms with E-state index < -0.39 is 131 Å². The van der Waals surface area contributed by atoms with Crippen molar-refractivity contribution < 1.29 is 96.2 Å². The van der Waals surface area contributed by atoms with Gasteiger partial charge in [0, 0.05) is 62.8 Å². The number of amidine groups is 1. The molecule has 1 fully saturated rings. The second-order valence-electron chi connectivity index (χ2n) is 33.1. The quantitative estimate of drug-likeness (QED) is 0.00875. The Hall–Kier alpha value is -17.8. The number of nitrogens with one attached hydrogen (secondary N) is 6. The minimum atomic E-state index is -1.23. The predicted molar refractivity (Wildman–Crippen MR) is 543 cm³/mol. The van der Waals surface area contributed by atoms with Crippen LogP contribution in [-0.4, -0.2) is 175 Å². The van der Waals surface area contributed by atoms with Gasteiger partial charge in [0.1, 0.15) is 94.3 Å². The highest BCUT2D eigenvalue weighted by Crippen LogP contribution is 2.30. The third-order valence-corrected chi connectivity index (χ3v) is 22.9. The topological polar surface area (TPSA) is 571 Å². The number of carbonyl (C=O) groups excluding carboxylic acids is 11. The molecule has 7 aliphatic rings. The molecule has 2 unspecified atom stereocenters. The Labute approximate surface area is 846 Å². The van der Waals surface area contributed by atoms with Crippen LogP contribution < -0.4 is 59.9 Å². The number of nitrogens with zero attached hydrogens (tertiary/aromatic N) is 10. The minimum absolute atomic E-state index is 0. The van der Waals surface area contributed by atoms with Crippen LogP contribution in [-0.2, 0) is 125 Å². The summed E-state index contributed by atoms with van der Waals surface area (Å²) in [6.07, 6.45) is 23.2. The molecule has 11 heterocycles. The highest BCUT2D eigenvalue weighted by Gasteiger charge is 2.41. The summed E-state index contributed by atoms with van der Waals surface area (Å²) in [4.78, 5) is 230. The number of aliphatic imine (C=N–C) groups is 2. The maximum Gasteiger partial charge on any atom is 0.363 e. The van der Waals surface area contributed by atoms with Gasteiger partial charge in [-0.1, -0.05) is 188 Å². The molecule has 0 spiro atoms. The zero-order valence-corrected chi connectivity index (χ0v) is 80.7. The molecule has 147 heavy (non-hydrogen) atoms. The summed E-state index contributed by atoms with van der Waals surface area (Å²) in [5.74, 6) is -4.10. The normalized spacial score (nSPS) is 17.6. The second-order valence-corrected chi connectivity index (χ2v) is 33.1. The summed E-state index contributed by atoms with van der Waals surface area (Å²) < 4.78 is 30.7. The SMILES string of the molecule is C/C=C1N=C(/C=C/c2ccccc2)OC\1=O.CCOC(=O)C1CCC(N)=N1.CCOC(=O)[C@@H]1CCc2ncc(NC(=O)/C=C/c3ccccc3)c(=O)n21.Cl.O=C(/C=C/c1ccccc1)Nc1cnc2n(c1=O)[C@H](C(=O)N[C@H]1CC(=O)OC1OCc1ccccc1)CC2.O=C(/C=C/c1ccccc1)Nc1cnc2n(c1=O)[C@H](C(=O)O)CC2.O=C[C@H](CC(=O)O)NC(=O)[C@@H]1CCc2ncc(NC(=O)CCc3ccccc3)c(=O)n21. The summed E-state index contributed by atoms with van der Waals surface area (Å²) in [6.45, 7) is 6.11. The molecule has 41 nitrogen and oxygen atoms in total. The van der Waals surface area contributed by atoms with Crippen molar-refractivity contribution in [2.24, 2.45) is 15.7 Å². The molecule has 0 radical (unpaired) electrons. The Morgan fingerprint density at radius 2 is 0.891 bits per heavy atom. The van der Waals surface area contributed by atoms with Crippen LogP contribution in [0.2, 0.25) is 0 Å². The minimum Gasteiger partial charge on any atom is -0.481 e. The lowest BCUT2D eigenvalue weighted by atomic mass is 10.1. The van der Waals surface area contributed by atoms with Crippen LogP contribution in [0.15, 0.2) is 272 Å². The molecule has 4 aromatic heterocycles. The molecule has 10 N–H and O–H groups in total. The van der Waals surface area contributed by atoms with Gasteiger partial charge in [-0.15, -0.1) is 12.4 Å². The number of rotatable bonds is 30. The number of fused-ring (bicyclic) bond motifs is 4. The van der Waals surface area contributed by atoms with Crippen LogP contribution in [0, 0.1) is 0 Å². The molecule has 0 bridgehead atoms. The number of benzene rings is 6. The van der Waals surface area contributed by atoms with Crippen molar-refractivity contribution in [3.05, 3.63) is 341 Å². The monoisotopic (exact) mass is 2020 g/mol. The average molecular weight is 2030 g/mol. The second kappa shape index (κ2) is 54.5. The Kier molecular flexibility index (Phi) is 40.6. The lowest BCUT2D eigenvalue weighted by Gasteiger charge is -2.22. The molecule has 17 rings (SSSR count). The lowest BCUT2D eigenvalue weighted by Crippen LogP contribution is -2.45. The number of hydrogen-bond donors (Lipinski definition) is 9. The van der Waals surface area contributed by atoms with Crippen LogP contribution in [0.25, 0.3) is 24.3 Å². The standard InChI is InChI=1S/C28H26N4O6.C21H22N4O6.C19H19N3O4.C17H15N3O4.C13H11NO2.C7H12N2O2.ClH/c33-24(14-11-18-7-3-1-4-8-18)30-21-16-29-23-13-12-22(32(23)27(21)36)26(35)31-20-15-25(34)38-28(20)37-17-19-9-5-2-6-10-19;26-12-14(10-19(28)29)23-20(30)16-7-8-17-22-11-15(21(31)25(16)17)24-18(27)9-6-13-4-2-1-3-5-13;1-2-26-19(25)15-9-10-16-20-12-14(18(24)22(15)16)21-17(23)11-8-13-6-4-3-5-7-13;21-15(9-6-11-4-2-1-3-5-11)19-12-10-18-14-8-7-13(17(23)24)20(14)16(12)22;1-2-11-13(15)16-12(14-11)9-8-10-6-4-3-5-7-10;1-2-11-7(10)5-3-4-6(8)9-5;/h1-11,14,16,20,22,28H,12-13,15,17H2,(H,30,33)(H,31,35);1-5,11-12,14,16H,6-10H2,(H,23,30)(H,24,27)(H,28,29);3-8,11-12,15H,2,9-10H2,1H3,(H,21,23);1-6,9-10,13H,7-8H2,(H,19,21)(H,23,24);2-9H,1H3;5H,2-4H2,1H3,(H2,8,9);1H/b14-11+;;11-8+;9-6+;9-8+,11-2-;;/t20-,22-,28?;14-,16-;15-;13-;;;/m0000.../s1. The molecular weight excluding hydrogens is 1920 g/mol. The van der Waals surface area contributed by atoms with Crippen LogP contribution in [0.1, 0.15) is 159 Å². The van der Waals surface area contributed by atoms with Gasteiger partial charge in [0.2, 0.25) is 47.6 Å². The van der Waals surface area contributed by atoms with E-state index in [1.807, 2.05) is 188 Å². The Morgan fingerprint density at radius 1 is 0.490 bits per heavy atom. The number of allylic oxidation sites excluding steroid dienone is 1. The number of carbonyl (C=O) groups is 13. The Balaban J connectivity index is 0.000000173. The molecule has 0 saturated carbocycles. The van der Waals surface area contributed by atoms with Crippen molar-refractivity contribution in [3.8, 4) is 0 Å². The molecular formula is C105H106ClN17O24. The Bertz CT molecular complexity index is 6940. The van der Waals surface area contributed by atoms with Crippen LogP contribution in [0.3, 0.4) is 0 Å². The molecule has 8 atom stereocenters. The van der Waals surface area contributed by atoms with Gasteiger partial charge in [-0.3, -0.25) is 80.8 Å². The van der Waals surface area contributed by atoms with Crippen molar-refractivity contribution in [2.75, 3.05) is 34.5 Å². The fourth-order valence-electron chi connectivity index (χ4n) is 15.8. The van der Waals surface area contributed by atoms with Crippen LogP contribution in [0.4, 0.5) is 22.7 Å². The van der Waals surface area contributed by atoms with E-state index in [0.717, 1.165) is 37.9 Å². The number of aromatic nitrogens is 8. The van der Waals surface area contributed by atoms with E-state index >= 15 is 0 Å². The van der Waals surface area contributed by atoms with E-state index in [9.17, 15) is 86.6 Å². The van der Waals surface area contributed by atoms with E-state index in [0.29, 0.717) is 118 Å². The van der Waals surface area contributed by atoms with Crippen molar-refractivity contribution in [3.63, 3.8) is 0 Å². The van der Waals surface area contributed by atoms with E-state index in [4.69, 9.17) is 34.5 Å². The number of carboxylic acids is 2. The van der Waals surface area contributed by atoms with Crippen molar-refractivity contribution in [1.29, 1.82) is 0 Å². The number of aldehydes is 1. The highest BCUT2D eigenvalue weighted by molar-refractivity contribution is 6.10. The Morgan fingerprint density at radius 3 is 1.31 bits per heavy atom. The molecule has 10 aromatic rings. The van der Waals surface area contributed by atoms with Gasteiger partial charge in [0.05, 0.1) is 69.3 Å². The zero-order valence-electron chi connectivity index (χ0n) is 79.9. The number of cyclic esters (lactones) is 2. The molecule has 6 amide bonds. The number of aryl methyl sites for hydroxylation is 5. The predicted octanol–water partition coefficient (Wildman–Crippen LogP) is 9.28. The fraction of sp³-hybridized carbons (Fsp3) is 0.267. The third-order valence-electron chi connectivity index (χ3n) is 22.9. The van der Waals surface area contributed by atoms with Gasteiger partial charge in [-0.25, -0.2) is 44.1 Å². The van der Waals surface area contributed by atoms with Crippen LogP contribution in [0.5, 0.6) is 0 Å². The largest absolute Gasteiger partial charge is 0.481 e. The maximum atomic E-state index is 13.2.